The van der Waals surface area contributed by atoms with Gasteiger partial charge in [-0.15, -0.1) is 12.4 Å². The molecule has 1 fully saturated rings. The zero-order valence-electron chi connectivity index (χ0n) is 13.4. The Hall–Kier alpha value is -1.88. The number of nitrogens with zero attached hydrogens (tertiary/aromatic N) is 1. The van der Waals surface area contributed by atoms with Gasteiger partial charge in [0.1, 0.15) is 6.04 Å². The fourth-order valence-corrected chi connectivity index (χ4v) is 3.41. The second kappa shape index (κ2) is 7.34. The molecule has 24 heavy (non-hydrogen) atoms. The molecular weight excluding hydrogens is 324 g/mol. The highest BCUT2D eigenvalue weighted by atomic mass is 35.5. The molecule has 1 amide bonds. The summed E-state index contributed by atoms with van der Waals surface area (Å²) in [6.07, 6.45) is 0. The summed E-state index contributed by atoms with van der Waals surface area (Å²) < 4.78 is 5.45. The third kappa shape index (κ3) is 3.18. The molecule has 4 rings (SSSR count). The van der Waals surface area contributed by atoms with Crippen molar-refractivity contribution in [3.63, 3.8) is 0 Å². The maximum atomic E-state index is 12.9. The number of hydrogen-bond donors (Lipinski definition) is 1. The third-order valence-corrected chi connectivity index (χ3v) is 4.58. The van der Waals surface area contributed by atoms with Crippen LogP contribution in [0, 0.1) is 0 Å². The lowest BCUT2D eigenvalue weighted by Crippen LogP contribution is -2.52. The van der Waals surface area contributed by atoms with Crippen molar-refractivity contribution in [1.29, 1.82) is 0 Å². The minimum Gasteiger partial charge on any atom is -0.378 e. The number of halogens is 1. The van der Waals surface area contributed by atoms with E-state index in [9.17, 15) is 4.79 Å². The second-order valence-electron chi connectivity index (χ2n) is 6.09. The molecule has 2 aromatic rings. The molecule has 2 aromatic carbocycles. The number of benzene rings is 2. The van der Waals surface area contributed by atoms with Gasteiger partial charge in [-0.25, -0.2) is 0 Å². The topological polar surface area (TPSA) is 41.6 Å². The Bertz CT molecular complexity index is 681. The van der Waals surface area contributed by atoms with Gasteiger partial charge in [-0.1, -0.05) is 48.5 Å². The Morgan fingerprint density at radius 1 is 1.00 bits per heavy atom. The van der Waals surface area contributed by atoms with Crippen LogP contribution in [0.1, 0.15) is 11.1 Å². The first-order valence-corrected chi connectivity index (χ1v) is 8.09. The number of ether oxygens (including phenoxy) is 1. The van der Waals surface area contributed by atoms with E-state index in [4.69, 9.17) is 4.74 Å². The van der Waals surface area contributed by atoms with Crippen molar-refractivity contribution in [3.8, 4) is 11.1 Å². The monoisotopic (exact) mass is 344 g/mol. The Morgan fingerprint density at radius 2 is 1.58 bits per heavy atom. The Labute approximate surface area is 148 Å². The van der Waals surface area contributed by atoms with Crippen LogP contribution in [0.25, 0.3) is 11.1 Å². The van der Waals surface area contributed by atoms with Gasteiger partial charge in [0.2, 0.25) is 5.91 Å². The van der Waals surface area contributed by atoms with Crippen LogP contribution in [0.15, 0.2) is 48.5 Å². The van der Waals surface area contributed by atoms with Gasteiger partial charge >= 0.3 is 0 Å². The Kier molecular flexibility index (Phi) is 5.19. The van der Waals surface area contributed by atoms with Crippen LogP contribution in [0.3, 0.4) is 0 Å². The number of amides is 1. The van der Waals surface area contributed by atoms with E-state index >= 15 is 0 Å². The van der Waals surface area contributed by atoms with Crippen molar-refractivity contribution >= 4 is 18.3 Å². The molecule has 2 heterocycles. The second-order valence-corrected chi connectivity index (χ2v) is 6.09. The first-order chi connectivity index (χ1) is 11.3. The van der Waals surface area contributed by atoms with E-state index in [1.165, 1.54) is 22.3 Å². The average molecular weight is 345 g/mol. The number of morpholine rings is 1. The van der Waals surface area contributed by atoms with Crippen molar-refractivity contribution in [3.05, 3.63) is 59.7 Å². The number of hydrogen-bond acceptors (Lipinski definition) is 3. The molecule has 0 aliphatic carbocycles. The zero-order chi connectivity index (χ0) is 15.6. The summed E-state index contributed by atoms with van der Waals surface area (Å²) in [5, 5.41) is 3.27. The summed E-state index contributed by atoms with van der Waals surface area (Å²) in [6, 6.07) is 16.5. The smallest absolute Gasteiger partial charge is 0.242 e. The summed E-state index contributed by atoms with van der Waals surface area (Å²) in [7, 11) is 0. The molecule has 0 aromatic heterocycles. The first-order valence-electron chi connectivity index (χ1n) is 8.09. The minimum atomic E-state index is -0.235. The molecule has 5 heteroatoms. The molecule has 0 radical (unpaired) electrons. The molecule has 1 atom stereocenters. The molecule has 2 aliphatic rings. The van der Waals surface area contributed by atoms with Gasteiger partial charge in [-0.05, 0) is 22.3 Å². The molecule has 126 valence electrons. The lowest BCUT2D eigenvalue weighted by Gasteiger charge is -2.29. The van der Waals surface area contributed by atoms with E-state index < -0.39 is 0 Å². The van der Waals surface area contributed by atoms with Gasteiger partial charge in [-0.2, -0.15) is 0 Å². The highest BCUT2D eigenvalue weighted by Gasteiger charge is 2.29. The van der Waals surface area contributed by atoms with Crippen LogP contribution in [-0.4, -0.2) is 36.6 Å². The number of carbonyl (C=O) groups is 1. The zero-order valence-corrected chi connectivity index (χ0v) is 14.2. The van der Waals surface area contributed by atoms with E-state index in [1.807, 2.05) is 17.0 Å². The van der Waals surface area contributed by atoms with Crippen molar-refractivity contribution in [2.45, 2.75) is 19.1 Å². The van der Waals surface area contributed by atoms with Crippen molar-refractivity contribution < 1.29 is 9.53 Å². The number of fused-ring (bicyclic) bond motifs is 3. The van der Waals surface area contributed by atoms with Crippen molar-refractivity contribution in [2.24, 2.45) is 0 Å². The van der Waals surface area contributed by atoms with E-state index in [0.29, 0.717) is 26.3 Å². The number of carbonyl (C=O) groups excluding carboxylic acids is 1. The lowest BCUT2D eigenvalue weighted by molar-refractivity contribution is -0.137. The molecule has 0 bridgehead atoms. The highest BCUT2D eigenvalue weighted by Crippen LogP contribution is 2.32. The molecule has 1 saturated heterocycles. The normalized spacial score (nSPS) is 19.5. The summed E-state index contributed by atoms with van der Waals surface area (Å²) in [5.74, 6) is 0.121. The molecule has 4 nitrogen and oxygen atoms in total. The summed E-state index contributed by atoms with van der Waals surface area (Å²) in [4.78, 5) is 14.9. The van der Waals surface area contributed by atoms with Gasteiger partial charge in [0.25, 0.3) is 0 Å². The van der Waals surface area contributed by atoms with E-state index in [-0.39, 0.29) is 24.4 Å². The van der Waals surface area contributed by atoms with Crippen LogP contribution in [0.5, 0.6) is 0 Å². The Morgan fingerprint density at radius 3 is 2.12 bits per heavy atom. The van der Waals surface area contributed by atoms with Crippen molar-refractivity contribution in [2.75, 3.05) is 19.8 Å². The molecule has 2 aliphatic heterocycles. The first kappa shape index (κ1) is 17.0. The van der Waals surface area contributed by atoms with Gasteiger partial charge in [-0.3, -0.25) is 4.79 Å². The van der Waals surface area contributed by atoms with Crippen LogP contribution in [-0.2, 0) is 22.6 Å². The summed E-state index contributed by atoms with van der Waals surface area (Å²) in [5.41, 5.74) is 4.85. The van der Waals surface area contributed by atoms with Crippen LogP contribution < -0.4 is 5.32 Å². The summed E-state index contributed by atoms with van der Waals surface area (Å²) in [6.45, 7) is 3.15. The van der Waals surface area contributed by atoms with Gasteiger partial charge < -0.3 is 15.0 Å². The molecule has 1 unspecified atom stereocenters. The summed E-state index contributed by atoms with van der Waals surface area (Å²) >= 11 is 0. The van der Waals surface area contributed by atoms with Crippen LogP contribution in [0.4, 0.5) is 0 Å². The van der Waals surface area contributed by atoms with E-state index in [1.54, 1.807) is 0 Å². The average Bonchev–Trinajstić information content (AvgIpc) is 2.79. The molecule has 1 N–H and O–H groups in total. The minimum absolute atomic E-state index is 0. The third-order valence-electron chi connectivity index (χ3n) is 4.58. The van der Waals surface area contributed by atoms with Crippen molar-refractivity contribution in [1.82, 2.24) is 10.2 Å². The molecule has 0 spiro atoms. The van der Waals surface area contributed by atoms with Gasteiger partial charge in [0.15, 0.2) is 0 Å². The largest absolute Gasteiger partial charge is 0.378 e. The van der Waals surface area contributed by atoms with Gasteiger partial charge in [0, 0.05) is 19.6 Å². The quantitative estimate of drug-likeness (QED) is 0.864. The maximum Gasteiger partial charge on any atom is 0.242 e. The molecule has 0 saturated carbocycles. The van der Waals surface area contributed by atoms with E-state index in [2.05, 4.69) is 41.7 Å². The standard InChI is InChI=1S/C19H20N2O2.ClH/c22-19(18-13-23-10-9-20-18)21-11-14-5-1-3-7-16(14)17-8-4-2-6-15(17)12-21;/h1-8,18,20H,9-13H2;1H. The SMILES string of the molecule is Cl.O=C(C1COCCN1)N1Cc2ccccc2-c2ccccc2C1. The predicted molar refractivity (Wildman–Crippen MR) is 96.0 cm³/mol. The maximum absolute atomic E-state index is 12.9. The number of rotatable bonds is 1. The fourth-order valence-electron chi connectivity index (χ4n) is 3.41. The lowest BCUT2D eigenvalue weighted by atomic mass is 9.97. The fraction of sp³-hybridized carbons (Fsp3) is 0.316. The Balaban J connectivity index is 0.00000169. The van der Waals surface area contributed by atoms with Crippen LogP contribution in [0.2, 0.25) is 0 Å². The molecular formula is C19H21ClN2O2. The van der Waals surface area contributed by atoms with Crippen LogP contribution >= 0.6 is 12.4 Å². The highest BCUT2D eigenvalue weighted by molar-refractivity contribution is 5.85. The predicted octanol–water partition coefficient (Wildman–Crippen LogP) is 2.61. The number of nitrogens with one attached hydrogen (secondary N) is 1. The van der Waals surface area contributed by atoms with E-state index in [0.717, 1.165) is 6.54 Å². The van der Waals surface area contributed by atoms with Gasteiger partial charge in [0.05, 0.1) is 13.2 Å².